The zero-order chi connectivity index (χ0) is 12.7. The predicted octanol–water partition coefficient (Wildman–Crippen LogP) is 3.28. The number of nitrogens with zero attached hydrogens (tertiary/aromatic N) is 1. The summed E-state index contributed by atoms with van der Waals surface area (Å²) in [6.45, 7) is 14.3. The van der Waals surface area contributed by atoms with Crippen molar-refractivity contribution in [1.29, 1.82) is 0 Å². The van der Waals surface area contributed by atoms with Crippen molar-refractivity contribution in [2.45, 2.75) is 65.8 Å². The third kappa shape index (κ3) is 5.87. The third-order valence-electron chi connectivity index (χ3n) is 4.22. The van der Waals surface area contributed by atoms with Crippen LogP contribution in [0.3, 0.4) is 0 Å². The molecule has 1 aliphatic heterocycles. The van der Waals surface area contributed by atoms with Gasteiger partial charge in [0, 0.05) is 6.04 Å². The van der Waals surface area contributed by atoms with Crippen LogP contribution in [0.2, 0.25) is 0 Å². The average molecular weight is 240 g/mol. The highest BCUT2D eigenvalue weighted by atomic mass is 15.1. The van der Waals surface area contributed by atoms with Crippen LogP contribution >= 0.6 is 0 Å². The maximum Gasteiger partial charge on any atom is 0.00647 e. The molecule has 1 rings (SSSR count). The Bertz CT molecular complexity index is 191. The molecule has 0 saturated carbocycles. The number of nitrogens with one attached hydrogen (secondary N) is 1. The number of hydrogen-bond donors (Lipinski definition) is 1. The number of likely N-dealkylation sites (tertiary alicyclic amines) is 1. The van der Waals surface area contributed by atoms with Crippen molar-refractivity contribution in [2.24, 2.45) is 5.41 Å². The van der Waals surface area contributed by atoms with Gasteiger partial charge in [0.15, 0.2) is 0 Å². The van der Waals surface area contributed by atoms with Gasteiger partial charge in [-0.1, -0.05) is 27.7 Å². The second-order valence-corrected chi connectivity index (χ2v) is 6.31. The fourth-order valence-corrected chi connectivity index (χ4v) is 2.68. The maximum atomic E-state index is 3.56. The molecule has 0 radical (unpaired) electrons. The summed E-state index contributed by atoms with van der Waals surface area (Å²) in [5.74, 6) is 0. The van der Waals surface area contributed by atoms with E-state index in [4.69, 9.17) is 0 Å². The Morgan fingerprint density at radius 3 is 2.35 bits per heavy atom. The van der Waals surface area contributed by atoms with Gasteiger partial charge in [-0.3, -0.25) is 0 Å². The van der Waals surface area contributed by atoms with Gasteiger partial charge in [0.2, 0.25) is 0 Å². The first-order chi connectivity index (χ1) is 8.07. The van der Waals surface area contributed by atoms with Gasteiger partial charge in [-0.2, -0.15) is 0 Å². The summed E-state index contributed by atoms with van der Waals surface area (Å²) in [6.07, 6.45) is 6.70. The lowest BCUT2D eigenvalue weighted by Gasteiger charge is -2.37. The van der Waals surface area contributed by atoms with Crippen LogP contribution in [-0.2, 0) is 0 Å². The molecular weight excluding hydrogens is 208 g/mol. The van der Waals surface area contributed by atoms with Crippen molar-refractivity contribution in [3.8, 4) is 0 Å². The van der Waals surface area contributed by atoms with E-state index in [1.165, 1.54) is 51.7 Å². The molecule has 0 bridgehead atoms. The van der Waals surface area contributed by atoms with Gasteiger partial charge in [-0.25, -0.2) is 0 Å². The van der Waals surface area contributed by atoms with E-state index < -0.39 is 0 Å². The van der Waals surface area contributed by atoms with E-state index >= 15 is 0 Å². The molecular formula is C15H32N2. The molecule has 1 N–H and O–H groups in total. The van der Waals surface area contributed by atoms with E-state index in [-0.39, 0.29) is 0 Å². The van der Waals surface area contributed by atoms with Gasteiger partial charge in [0.05, 0.1) is 0 Å². The molecule has 17 heavy (non-hydrogen) atoms. The normalized spacial score (nSPS) is 22.6. The Hall–Kier alpha value is -0.0800. The molecule has 102 valence electrons. The minimum atomic E-state index is 0.590. The molecule has 1 heterocycles. The van der Waals surface area contributed by atoms with Crippen LogP contribution in [0, 0.1) is 5.41 Å². The van der Waals surface area contributed by atoms with Crippen molar-refractivity contribution in [2.75, 3.05) is 26.2 Å². The quantitative estimate of drug-likeness (QED) is 0.735. The van der Waals surface area contributed by atoms with E-state index in [0.717, 1.165) is 12.6 Å². The maximum absolute atomic E-state index is 3.56. The van der Waals surface area contributed by atoms with Gasteiger partial charge >= 0.3 is 0 Å². The molecule has 1 fully saturated rings. The molecule has 1 unspecified atom stereocenters. The molecule has 0 amide bonds. The van der Waals surface area contributed by atoms with Gasteiger partial charge in [-0.05, 0) is 63.7 Å². The van der Waals surface area contributed by atoms with Crippen molar-refractivity contribution in [3.05, 3.63) is 0 Å². The average Bonchev–Trinajstić information content (AvgIpc) is 2.30. The Labute approximate surface area is 108 Å². The van der Waals surface area contributed by atoms with E-state index in [2.05, 4.69) is 37.9 Å². The molecule has 0 aromatic heterocycles. The third-order valence-corrected chi connectivity index (χ3v) is 4.22. The summed E-state index contributed by atoms with van der Waals surface area (Å²) >= 11 is 0. The lowest BCUT2D eigenvalue weighted by molar-refractivity contribution is 0.130. The van der Waals surface area contributed by atoms with E-state index in [1.807, 2.05) is 0 Å². The highest BCUT2D eigenvalue weighted by Gasteiger charge is 2.24. The second-order valence-electron chi connectivity index (χ2n) is 6.31. The van der Waals surface area contributed by atoms with Gasteiger partial charge < -0.3 is 10.2 Å². The first kappa shape index (κ1) is 15.0. The monoisotopic (exact) mass is 240 g/mol. The Kier molecular flexibility index (Phi) is 6.50. The molecule has 0 aliphatic carbocycles. The number of hydrogen-bond acceptors (Lipinski definition) is 2. The molecule has 2 nitrogen and oxygen atoms in total. The van der Waals surface area contributed by atoms with Crippen LogP contribution in [-0.4, -0.2) is 37.1 Å². The Morgan fingerprint density at radius 2 is 1.82 bits per heavy atom. The molecule has 0 aromatic carbocycles. The number of piperidine rings is 1. The molecule has 1 aliphatic rings. The largest absolute Gasteiger partial charge is 0.314 e. The lowest BCUT2D eigenvalue weighted by atomic mass is 9.82. The summed E-state index contributed by atoms with van der Waals surface area (Å²) in [7, 11) is 0. The lowest BCUT2D eigenvalue weighted by Crippen LogP contribution is -2.38. The van der Waals surface area contributed by atoms with Crippen molar-refractivity contribution in [1.82, 2.24) is 10.2 Å². The van der Waals surface area contributed by atoms with Gasteiger partial charge in [-0.15, -0.1) is 0 Å². The van der Waals surface area contributed by atoms with Crippen molar-refractivity contribution >= 4 is 0 Å². The fourth-order valence-electron chi connectivity index (χ4n) is 2.68. The topological polar surface area (TPSA) is 15.3 Å². The van der Waals surface area contributed by atoms with Gasteiger partial charge in [0.25, 0.3) is 0 Å². The number of rotatable bonds is 7. The Morgan fingerprint density at radius 1 is 1.18 bits per heavy atom. The van der Waals surface area contributed by atoms with Crippen LogP contribution < -0.4 is 5.32 Å². The summed E-state index contributed by atoms with van der Waals surface area (Å²) in [5.41, 5.74) is 0.590. The van der Waals surface area contributed by atoms with Crippen LogP contribution in [0.1, 0.15) is 59.8 Å². The van der Waals surface area contributed by atoms with Crippen LogP contribution in [0.4, 0.5) is 0 Å². The first-order valence-electron chi connectivity index (χ1n) is 7.53. The summed E-state index contributed by atoms with van der Waals surface area (Å²) in [6, 6.07) is 0.737. The zero-order valence-electron chi connectivity index (χ0n) is 12.4. The van der Waals surface area contributed by atoms with E-state index in [0.29, 0.717) is 5.41 Å². The highest BCUT2D eigenvalue weighted by Crippen LogP contribution is 2.29. The standard InChI is InChI=1S/C15H32N2/c1-5-14(16-6-2)8-7-11-17-12-9-15(3,4)10-13-17/h14,16H,5-13H2,1-4H3. The van der Waals surface area contributed by atoms with Crippen molar-refractivity contribution < 1.29 is 0 Å². The minimum Gasteiger partial charge on any atom is -0.314 e. The highest BCUT2D eigenvalue weighted by molar-refractivity contribution is 4.78. The Balaban J connectivity index is 2.11. The molecule has 1 atom stereocenters. The summed E-state index contributed by atoms with van der Waals surface area (Å²) in [5, 5.41) is 3.56. The summed E-state index contributed by atoms with van der Waals surface area (Å²) < 4.78 is 0. The van der Waals surface area contributed by atoms with Crippen LogP contribution in [0.15, 0.2) is 0 Å². The molecule has 0 spiro atoms. The van der Waals surface area contributed by atoms with E-state index in [9.17, 15) is 0 Å². The molecule has 0 aromatic rings. The zero-order valence-corrected chi connectivity index (χ0v) is 12.4. The minimum absolute atomic E-state index is 0.590. The first-order valence-corrected chi connectivity index (χ1v) is 7.53. The smallest absolute Gasteiger partial charge is 0.00647 e. The van der Waals surface area contributed by atoms with E-state index in [1.54, 1.807) is 0 Å². The van der Waals surface area contributed by atoms with Crippen LogP contribution in [0.25, 0.3) is 0 Å². The molecule has 1 saturated heterocycles. The predicted molar refractivity (Wildman–Crippen MR) is 76.4 cm³/mol. The fraction of sp³-hybridized carbons (Fsp3) is 1.00. The van der Waals surface area contributed by atoms with Crippen LogP contribution in [0.5, 0.6) is 0 Å². The van der Waals surface area contributed by atoms with Gasteiger partial charge in [0.1, 0.15) is 0 Å². The molecule has 2 heteroatoms. The van der Waals surface area contributed by atoms with Crippen molar-refractivity contribution in [3.63, 3.8) is 0 Å². The second kappa shape index (κ2) is 7.38. The summed E-state index contributed by atoms with van der Waals surface area (Å²) in [4.78, 5) is 2.66. The SMILES string of the molecule is CCNC(CC)CCCN1CCC(C)(C)CC1.